The van der Waals surface area contributed by atoms with Gasteiger partial charge in [-0.05, 0) is 36.4 Å². The Morgan fingerprint density at radius 3 is 2.96 bits per heavy atom. The van der Waals surface area contributed by atoms with Crippen molar-refractivity contribution >= 4 is 29.8 Å². The smallest absolute Gasteiger partial charge is 0.531 e. The van der Waals surface area contributed by atoms with Gasteiger partial charge in [-0.1, -0.05) is 0 Å². The first kappa shape index (κ1) is 17.7. The standard InChI is InChI=1S/C16H16BF3N4O3/c18-16(19,20)7-23-15(25)24-9-3-8(4-9)11-5-17(26)27-12-6-22-14-10(13(11)12)1-2-21-14/h1-2,5-6,8-9,26H,3-4,7H2,(H,21,22)(H2,23,24,25)/t8-,9+. The lowest BCUT2D eigenvalue weighted by Gasteiger charge is -2.39. The van der Waals surface area contributed by atoms with Crippen LogP contribution in [0.25, 0.3) is 16.6 Å². The molecule has 0 aromatic carbocycles. The molecule has 4 rings (SSSR count). The Balaban J connectivity index is 1.44. The fourth-order valence-electron chi connectivity index (χ4n) is 3.52. The van der Waals surface area contributed by atoms with E-state index in [1.807, 2.05) is 6.07 Å². The van der Waals surface area contributed by atoms with E-state index in [4.69, 9.17) is 4.65 Å². The molecule has 1 fully saturated rings. The monoisotopic (exact) mass is 380 g/mol. The second kappa shape index (κ2) is 6.48. The van der Waals surface area contributed by atoms with Crippen LogP contribution in [0, 0.1) is 5.92 Å². The Morgan fingerprint density at radius 1 is 1.44 bits per heavy atom. The minimum absolute atomic E-state index is 0.0516. The van der Waals surface area contributed by atoms with Crippen molar-refractivity contribution in [1.82, 2.24) is 20.6 Å². The van der Waals surface area contributed by atoms with Crippen LogP contribution < -0.4 is 15.3 Å². The lowest BCUT2D eigenvalue weighted by Crippen LogP contribution is -2.50. The third-order valence-electron chi connectivity index (χ3n) is 4.77. The second-order valence-electron chi connectivity index (χ2n) is 6.68. The van der Waals surface area contributed by atoms with Crippen LogP contribution >= 0.6 is 0 Å². The molecule has 3 heterocycles. The number of allylic oxidation sites excluding steroid dienone is 1. The Kier molecular flexibility index (Phi) is 4.25. The van der Waals surface area contributed by atoms with Gasteiger partial charge in [-0.25, -0.2) is 9.78 Å². The van der Waals surface area contributed by atoms with Crippen molar-refractivity contribution in [2.24, 2.45) is 5.92 Å². The minimum atomic E-state index is -4.44. The number of aromatic amines is 1. The largest absolute Gasteiger partial charge is 0.552 e. The predicted molar refractivity (Wildman–Crippen MR) is 91.8 cm³/mol. The number of nitrogens with zero attached hydrogens (tertiary/aromatic N) is 1. The number of fused-ring (bicyclic) bond motifs is 3. The zero-order valence-electron chi connectivity index (χ0n) is 14.0. The second-order valence-corrected chi connectivity index (χ2v) is 6.68. The van der Waals surface area contributed by atoms with Gasteiger partial charge in [0.25, 0.3) is 0 Å². The number of hydrogen-bond acceptors (Lipinski definition) is 4. The molecule has 27 heavy (non-hydrogen) atoms. The molecule has 2 aromatic rings. The highest BCUT2D eigenvalue weighted by Crippen LogP contribution is 2.45. The maximum Gasteiger partial charge on any atom is 0.552 e. The Morgan fingerprint density at radius 2 is 2.22 bits per heavy atom. The number of amides is 2. The van der Waals surface area contributed by atoms with Gasteiger partial charge in [0, 0.05) is 23.2 Å². The number of hydrogen-bond donors (Lipinski definition) is 4. The van der Waals surface area contributed by atoms with Crippen LogP contribution in [0.3, 0.4) is 0 Å². The number of carbonyl (C=O) groups is 1. The highest BCUT2D eigenvalue weighted by atomic mass is 19.4. The van der Waals surface area contributed by atoms with Gasteiger partial charge >= 0.3 is 19.3 Å². The Labute approximate surface area is 152 Å². The van der Waals surface area contributed by atoms with Crippen molar-refractivity contribution in [3.05, 3.63) is 30.0 Å². The van der Waals surface area contributed by atoms with Crippen molar-refractivity contribution < 1.29 is 27.6 Å². The topological polar surface area (TPSA) is 99.3 Å². The van der Waals surface area contributed by atoms with Gasteiger partial charge in [0.1, 0.15) is 17.9 Å². The summed E-state index contributed by atoms with van der Waals surface area (Å²) in [7, 11) is -1.09. The molecule has 4 N–H and O–H groups in total. The van der Waals surface area contributed by atoms with E-state index in [0.29, 0.717) is 24.2 Å². The molecule has 1 aliphatic carbocycles. The number of urea groups is 1. The average Bonchev–Trinajstić information content (AvgIpc) is 3.03. The SMILES string of the molecule is O=C(NCC(F)(F)F)N[C@H]1C[C@@H](C2=CB(O)Oc3cnc4[nH]ccc4c32)C1. The number of pyridine rings is 1. The Bertz CT molecular complexity index is 908. The van der Waals surface area contributed by atoms with Crippen molar-refractivity contribution in [3.63, 3.8) is 0 Å². The summed E-state index contributed by atoms with van der Waals surface area (Å²) in [6.07, 6.45) is -0.0142. The summed E-state index contributed by atoms with van der Waals surface area (Å²) in [5, 5.41) is 15.2. The van der Waals surface area contributed by atoms with E-state index >= 15 is 0 Å². The number of alkyl halides is 3. The van der Waals surface area contributed by atoms with Gasteiger partial charge in [0.2, 0.25) is 0 Å². The molecule has 2 aliphatic rings. The zero-order valence-corrected chi connectivity index (χ0v) is 14.0. The third-order valence-corrected chi connectivity index (χ3v) is 4.77. The highest BCUT2D eigenvalue weighted by molar-refractivity contribution is 6.52. The molecular formula is C16H16BF3N4O3. The first-order valence-electron chi connectivity index (χ1n) is 8.44. The van der Waals surface area contributed by atoms with E-state index in [2.05, 4.69) is 15.3 Å². The summed E-state index contributed by atoms with van der Waals surface area (Å²) >= 11 is 0. The van der Waals surface area contributed by atoms with Crippen LogP contribution in [-0.4, -0.2) is 46.9 Å². The van der Waals surface area contributed by atoms with Crippen LogP contribution in [0.4, 0.5) is 18.0 Å². The van der Waals surface area contributed by atoms with Gasteiger partial charge < -0.3 is 25.3 Å². The lowest BCUT2D eigenvalue weighted by molar-refractivity contribution is -0.122. The van der Waals surface area contributed by atoms with E-state index in [0.717, 1.165) is 16.5 Å². The first-order chi connectivity index (χ1) is 12.8. The molecule has 0 atom stereocenters. The highest BCUT2D eigenvalue weighted by Gasteiger charge is 2.38. The number of halogens is 3. The fraction of sp³-hybridized carbons (Fsp3) is 0.375. The van der Waals surface area contributed by atoms with Crippen LogP contribution in [0.1, 0.15) is 18.4 Å². The van der Waals surface area contributed by atoms with Crippen LogP contribution in [-0.2, 0) is 0 Å². The minimum Gasteiger partial charge on any atom is -0.531 e. The van der Waals surface area contributed by atoms with Crippen LogP contribution in [0.5, 0.6) is 5.75 Å². The number of carbonyl (C=O) groups excluding carboxylic acids is 1. The summed E-state index contributed by atoms with van der Waals surface area (Å²) in [6, 6.07) is 0.806. The van der Waals surface area contributed by atoms with Gasteiger partial charge in [-0.3, -0.25) is 0 Å². The molecule has 11 heteroatoms. The predicted octanol–water partition coefficient (Wildman–Crippen LogP) is 2.00. The molecule has 2 amide bonds. The molecule has 1 saturated carbocycles. The lowest BCUT2D eigenvalue weighted by atomic mass is 9.68. The fourth-order valence-corrected chi connectivity index (χ4v) is 3.52. The molecule has 0 bridgehead atoms. The van der Waals surface area contributed by atoms with Gasteiger partial charge in [-0.2, -0.15) is 13.2 Å². The van der Waals surface area contributed by atoms with Gasteiger partial charge in [-0.15, -0.1) is 0 Å². The number of rotatable bonds is 3. The molecule has 0 radical (unpaired) electrons. The van der Waals surface area contributed by atoms with Crippen molar-refractivity contribution in [2.75, 3.05) is 6.54 Å². The molecular weight excluding hydrogens is 364 g/mol. The van der Waals surface area contributed by atoms with Gasteiger partial charge in [0.05, 0.1) is 6.20 Å². The molecule has 142 valence electrons. The quantitative estimate of drug-likeness (QED) is 0.612. The van der Waals surface area contributed by atoms with E-state index < -0.39 is 25.9 Å². The molecule has 7 nitrogen and oxygen atoms in total. The van der Waals surface area contributed by atoms with Crippen LogP contribution in [0.2, 0.25) is 0 Å². The third kappa shape index (κ3) is 3.59. The molecule has 2 aromatic heterocycles. The van der Waals surface area contributed by atoms with Crippen LogP contribution in [0.15, 0.2) is 24.4 Å². The van der Waals surface area contributed by atoms with Crippen molar-refractivity contribution in [3.8, 4) is 5.75 Å². The van der Waals surface area contributed by atoms with E-state index in [1.54, 1.807) is 23.7 Å². The number of H-pyrrole nitrogens is 1. The summed E-state index contributed by atoms with van der Waals surface area (Å²) in [5.41, 5.74) is 2.43. The first-order valence-corrected chi connectivity index (χ1v) is 8.44. The van der Waals surface area contributed by atoms with E-state index in [9.17, 15) is 23.0 Å². The molecule has 1 aliphatic heterocycles. The van der Waals surface area contributed by atoms with Gasteiger partial charge in [0.15, 0.2) is 0 Å². The van der Waals surface area contributed by atoms with E-state index in [1.165, 1.54) is 0 Å². The number of aromatic nitrogens is 2. The van der Waals surface area contributed by atoms with Crippen molar-refractivity contribution in [2.45, 2.75) is 25.1 Å². The number of nitrogens with one attached hydrogen (secondary N) is 3. The summed E-state index contributed by atoms with van der Waals surface area (Å²) in [5.74, 6) is 2.15. The summed E-state index contributed by atoms with van der Waals surface area (Å²) < 4.78 is 41.8. The van der Waals surface area contributed by atoms with E-state index in [-0.39, 0.29) is 12.0 Å². The zero-order chi connectivity index (χ0) is 19.2. The maximum atomic E-state index is 12.1. The molecule has 0 spiro atoms. The normalized spacial score (nSPS) is 21.8. The van der Waals surface area contributed by atoms with Crippen molar-refractivity contribution in [1.29, 1.82) is 0 Å². The molecule has 0 saturated heterocycles. The Hall–Kier alpha value is -2.69. The summed E-state index contributed by atoms with van der Waals surface area (Å²) in [6.45, 7) is -1.37. The molecule has 0 unspecified atom stereocenters. The summed E-state index contributed by atoms with van der Waals surface area (Å²) in [4.78, 5) is 18.8. The maximum absolute atomic E-state index is 12.1. The average molecular weight is 380 g/mol.